The lowest BCUT2D eigenvalue weighted by Crippen LogP contribution is -2.51. The minimum Gasteiger partial charge on any atom is -0.390 e. The van der Waals surface area contributed by atoms with Crippen molar-refractivity contribution >= 4 is 11.6 Å². The van der Waals surface area contributed by atoms with E-state index in [9.17, 15) is 9.90 Å². The zero-order valence-electron chi connectivity index (χ0n) is 18.3. The van der Waals surface area contributed by atoms with Gasteiger partial charge < -0.3 is 5.11 Å². The fourth-order valence-corrected chi connectivity index (χ4v) is 8.10. The lowest BCUT2D eigenvalue weighted by Gasteiger charge is -2.56. The molecule has 0 unspecified atom stereocenters. The molecule has 0 aromatic carbocycles. The zero-order valence-corrected chi connectivity index (χ0v) is 18.3. The van der Waals surface area contributed by atoms with Gasteiger partial charge in [-0.15, -0.1) is 0 Å². The van der Waals surface area contributed by atoms with E-state index in [2.05, 4.69) is 12.1 Å². The molecule has 29 heavy (non-hydrogen) atoms. The number of aliphatic hydroxyl groups is 1. The summed E-state index contributed by atoms with van der Waals surface area (Å²) in [6.07, 6.45) is 10.0. The molecule has 3 N–H and O–H groups in total. The highest BCUT2D eigenvalue weighted by Gasteiger charge is 2.58. The first-order valence-corrected chi connectivity index (χ1v) is 11.6. The van der Waals surface area contributed by atoms with Gasteiger partial charge in [-0.05, 0) is 107 Å². The Kier molecular flexibility index (Phi) is 5.37. The summed E-state index contributed by atoms with van der Waals surface area (Å²) in [7, 11) is 0. The van der Waals surface area contributed by atoms with Crippen molar-refractivity contribution in [3.63, 3.8) is 0 Å². The first-order chi connectivity index (χ1) is 13.7. The number of hydrogen-bond donors (Lipinski definition) is 3. The van der Waals surface area contributed by atoms with Crippen molar-refractivity contribution in [1.82, 2.24) is 5.01 Å². The zero-order chi connectivity index (χ0) is 21.0. The van der Waals surface area contributed by atoms with Crippen molar-refractivity contribution in [2.45, 2.75) is 84.2 Å². The smallest absolute Gasteiger partial charge is 0.158 e. The molecule has 8 atom stereocenters. The number of rotatable bonds is 4. The molecule has 4 rings (SSSR count). The second-order valence-electron chi connectivity index (χ2n) is 11.1. The van der Waals surface area contributed by atoms with Crippen molar-refractivity contribution in [3.05, 3.63) is 0 Å². The highest BCUT2D eigenvalue weighted by molar-refractivity contribution is 5.88. The number of amidine groups is 1. The summed E-state index contributed by atoms with van der Waals surface area (Å²) in [5, 5.41) is 22.9. The van der Waals surface area contributed by atoms with Gasteiger partial charge in [0.25, 0.3) is 0 Å². The van der Waals surface area contributed by atoms with E-state index >= 15 is 0 Å². The molecule has 0 aromatic rings. The van der Waals surface area contributed by atoms with E-state index in [0.29, 0.717) is 11.8 Å². The molecule has 0 bridgehead atoms. The normalized spacial score (nSPS) is 46.2. The van der Waals surface area contributed by atoms with Gasteiger partial charge in [-0.1, -0.05) is 12.1 Å². The van der Waals surface area contributed by atoms with Crippen LogP contribution in [0.2, 0.25) is 0 Å². The SMILES string of the molecule is CC(=N)N(CC(=O)[C@H]1CC[C@H]2[C@@H]3CC[C@@H]4C[C@](C)(O)CC[C@@H]4[C@H]3CC[C@]12C)N=N. The first-order valence-electron chi connectivity index (χ1n) is 11.6. The second-order valence-corrected chi connectivity index (χ2v) is 11.1. The molecule has 4 saturated carbocycles. The van der Waals surface area contributed by atoms with Crippen molar-refractivity contribution < 1.29 is 9.90 Å². The number of Topliss-reactive ketones (excluding diaryl/α,β-unsaturated/α-hetero) is 1. The Morgan fingerprint density at radius 3 is 2.48 bits per heavy atom. The van der Waals surface area contributed by atoms with Crippen LogP contribution in [0.15, 0.2) is 5.22 Å². The summed E-state index contributed by atoms with van der Waals surface area (Å²) in [5.41, 5.74) is 6.86. The van der Waals surface area contributed by atoms with Gasteiger partial charge in [0.2, 0.25) is 0 Å². The van der Waals surface area contributed by atoms with Gasteiger partial charge in [-0.3, -0.25) is 10.2 Å². The van der Waals surface area contributed by atoms with Crippen LogP contribution in [0.25, 0.3) is 0 Å². The van der Waals surface area contributed by atoms with Crippen LogP contribution in [-0.2, 0) is 4.79 Å². The Balaban J connectivity index is 1.48. The number of nitrogens with one attached hydrogen (secondary N) is 2. The molecule has 6 nitrogen and oxygen atoms in total. The predicted octanol–water partition coefficient (Wildman–Crippen LogP) is 4.82. The van der Waals surface area contributed by atoms with E-state index in [4.69, 9.17) is 10.9 Å². The van der Waals surface area contributed by atoms with Crippen molar-refractivity contribution in [2.75, 3.05) is 6.54 Å². The average Bonchev–Trinajstić information content (AvgIpc) is 3.01. The maximum atomic E-state index is 13.1. The molecule has 0 radical (unpaired) electrons. The minimum absolute atomic E-state index is 0.0434. The number of fused-ring (bicyclic) bond motifs is 5. The topological polar surface area (TPSA) is 101 Å². The number of carbonyl (C=O) groups is 1. The molecule has 162 valence electrons. The van der Waals surface area contributed by atoms with Crippen LogP contribution in [0.4, 0.5) is 0 Å². The Bertz CT molecular complexity index is 692. The number of nitrogens with zero attached hydrogens (tertiary/aromatic N) is 2. The van der Waals surface area contributed by atoms with Crippen LogP contribution >= 0.6 is 0 Å². The molecule has 0 amide bonds. The summed E-state index contributed by atoms with van der Waals surface area (Å²) in [6.45, 7) is 6.01. The van der Waals surface area contributed by atoms with E-state index in [1.807, 2.05) is 6.92 Å². The van der Waals surface area contributed by atoms with E-state index in [1.54, 1.807) is 6.92 Å². The third kappa shape index (κ3) is 3.55. The van der Waals surface area contributed by atoms with Gasteiger partial charge in [0.15, 0.2) is 5.78 Å². The van der Waals surface area contributed by atoms with E-state index in [-0.39, 0.29) is 29.5 Å². The molecule has 0 aromatic heterocycles. The standard InChI is InChI=1S/C23H38N4O2/c1-14(24)27(26-25)13-21(28)20-7-6-19-18-5-4-15-12-22(2,29)10-8-16(15)17(18)9-11-23(19,20)3/h15-20,24-25,29H,4-13H2,1-3H3/t15-,16+,17-,18-,19+,20-,22-,23+/m1/s1. The number of hydrogen-bond acceptors (Lipinski definition) is 5. The van der Waals surface area contributed by atoms with Crippen molar-refractivity contribution in [1.29, 1.82) is 10.9 Å². The highest BCUT2D eigenvalue weighted by atomic mass is 16.3. The van der Waals surface area contributed by atoms with Gasteiger partial charge in [-0.2, -0.15) is 5.53 Å². The van der Waals surface area contributed by atoms with Crippen molar-refractivity contribution in [2.24, 2.45) is 46.1 Å². The molecular weight excluding hydrogens is 364 g/mol. The Morgan fingerprint density at radius 2 is 1.79 bits per heavy atom. The number of ketones is 1. The highest BCUT2D eigenvalue weighted by Crippen LogP contribution is 2.64. The Morgan fingerprint density at radius 1 is 1.07 bits per heavy atom. The molecule has 4 aliphatic carbocycles. The maximum Gasteiger partial charge on any atom is 0.158 e. The Labute approximate surface area is 174 Å². The van der Waals surface area contributed by atoms with Gasteiger partial charge in [0.1, 0.15) is 12.4 Å². The van der Waals surface area contributed by atoms with Gasteiger partial charge >= 0.3 is 0 Å². The summed E-state index contributed by atoms with van der Waals surface area (Å²) in [6, 6.07) is 0. The van der Waals surface area contributed by atoms with Crippen LogP contribution < -0.4 is 0 Å². The second kappa shape index (κ2) is 7.44. The minimum atomic E-state index is -0.468. The molecule has 0 heterocycles. The first kappa shape index (κ1) is 21.0. The fraction of sp³-hybridized carbons (Fsp3) is 0.913. The third-order valence-corrected chi connectivity index (χ3v) is 9.44. The summed E-state index contributed by atoms with van der Waals surface area (Å²) in [5.74, 6) is 3.96. The van der Waals surface area contributed by atoms with Crippen LogP contribution in [0, 0.1) is 51.9 Å². The third-order valence-electron chi connectivity index (χ3n) is 9.44. The van der Waals surface area contributed by atoms with Gasteiger partial charge in [0, 0.05) is 5.92 Å². The van der Waals surface area contributed by atoms with Gasteiger partial charge in [0.05, 0.1) is 5.60 Å². The largest absolute Gasteiger partial charge is 0.390 e. The number of carbonyl (C=O) groups excluding carboxylic acids is 1. The van der Waals surface area contributed by atoms with Crippen LogP contribution in [-0.4, -0.2) is 33.9 Å². The van der Waals surface area contributed by atoms with Crippen LogP contribution in [0.1, 0.15) is 78.6 Å². The molecule has 0 spiro atoms. The lowest BCUT2D eigenvalue weighted by atomic mass is 9.49. The maximum absolute atomic E-state index is 13.1. The van der Waals surface area contributed by atoms with E-state index < -0.39 is 5.60 Å². The molecule has 4 aliphatic rings. The van der Waals surface area contributed by atoms with E-state index in [1.165, 1.54) is 30.7 Å². The van der Waals surface area contributed by atoms with Crippen LogP contribution in [0.3, 0.4) is 0 Å². The summed E-state index contributed by atoms with van der Waals surface area (Å²) < 4.78 is 0. The fourth-order valence-electron chi connectivity index (χ4n) is 8.10. The lowest BCUT2D eigenvalue weighted by molar-refractivity contribution is -0.132. The van der Waals surface area contributed by atoms with Crippen molar-refractivity contribution in [3.8, 4) is 0 Å². The van der Waals surface area contributed by atoms with Crippen LogP contribution in [0.5, 0.6) is 0 Å². The molecule has 6 heteroatoms. The summed E-state index contributed by atoms with van der Waals surface area (Å²) >= 11 is 0. The van der Waals surface area contributed by atoms with Gasteiger partial charge in [-0.25, -0.2) is 5.01 Å². The molecule has 4 fully saturated rings. The molecule has 0 saturated heterocycles. The monoisotopic (exact) mass is 402 g/mol. The quantitative estimate of drug-likeness (QED) is 0.272. The molecule has 0 aliphatic heterocycles. The molecular formula is C23H38N4O2. The Hall–Kier alpha value is -1.30. The predicted molar refractivity (Wildman–Crippen MR) is 111 cm³/mol. The average molecular weight is 403 g/mol. The summed E-state index contributed by atoms with van der Waals surface area (Å²) in [4.78, 5) is 13.1. The van der Waals surface area contributed by atoms with E-state index in [0.717, 1.165) is 49.9 Å².